The Morgan fingerprint density at radius 1 is 1.12 bits per heavy atom. The molecule has 0 saturated carbocycles. The summed E-state index contributed by atoms with van der Waals surface area (Å²) in [4.78, 5) is 35.9. The molecule has 1 aliphatic heterocycles. The molecule has 1 aromatic carbocycles. The summed E-state index contributed by atoms with van der Waals surface area (Å²) in [6.45, 7) is 6.03. The van der Waals surface area contributed by atoms with Gasteiger partial charge in [-0.1, -0.05) is 32.9 Å². The van der Waals surface area contributed by atoms with Crippen LogP contribution in [0, 0.1) is 0 Å². The SMILES string of the molecule is CC(C)(C)c1ccc(C(=O)NCC(=O)NC2(C(=O)O)CCSCC2)cc1. The normalized spacial score (nSPS) is 16.6. The molecule has 0 aromatic heterocycles. The number of carboxylic acid groups (broad SMARTS) is 1. The van der Waals surface area contributed by atoms with E-state index < -0.39 is 17.4 Å². The summed E-state index contributed by atoms with van der Waals surface area (Å²) in [6, 6.07) is 7.25. The van der Waals surface area contributed by atoms with Crippen molar-refractivity contribution in [2.45, 2.75) is 44.6 Å². The molecule has 26 heavy (non-hydrogen) atoms. The van der Waals surface area contributed by atoms with Crippen molar-refractivity contribution in [3.05, 3.63) is 35.4 Å². The molecule has 0 atom stereocenters. The van der Waals surface area contributed by atoms with E-state index in [9.17, 15) is 19.5 Å². The van der Waals surface area contributed by atoms with Crippen LogP contribution in [0.15, 0.2) is 24.3 Å². The van der Waals surface area contributed by atoms with Crippen LogP contribution in [0.25, 0.3) is 0 Å². The van der Waals surface area contributed by atoms with Crippen LogP contribution >= 0.6 is 11.8 Å². The Morgan fingerprint density at radius 3 is 2.19 bits per heavy atom. The highest BCUT2D eigenvalue weighted by Gasteiger charge is 2.41. The molecule has 0 unspecified atom stereocenters. The lowest BCUT2D eigenvalue weighted by Crippen LogP contribution is -2.58. The van der Waals surface area contributed by atoms with Gasteiger partial charge in [-0.05, 0) is 47.5 Å². The van der Waals surface area contributed by atoms with Gasteiger partial charge in [0.1, 0.15) is 5.54 Å². The van der Waals surface area contributed by atoms with E-state index in [0.717, 1.165) is 5.56 Å². The monoisotopic (exact) mass is 378 g/mol. The highest BCUT2D eigenvalue weighted by atomic mass is 32.2. The molecule has 7 heteroatoms. The van der Waals surface area contributed by atoms with Crippen molar-refractivity contribution in [2.75, 3.05) is 18.1 Å². The van der Waals surface area contributed by atoms with Crippen molar-refractivity contribution in [1.82, 2.24) is 10.6 Å². The van der Waals surface area contributed by atoms with Crippen LogP contribution in [0.3, 0.4) is 0 Å². The Hall–Kier alpha value is -2.02. The van der Waals surface area contributed by atoms with Gasteiger partial charge in [-0.2, -0.15) is 11.8 Å². The summed E-state index contributed by atoms with van der Waals surface area (Å²) < 4.78 is 0. The second-order valence-corrected chi connectivity index (χ2v) is 8.78. The Bertz CT molecular complexity index is 674. The summed E-state index contributed by atoms with van der Waals surface area (Å²) in [6.07, 6.45) is 0.780. The van der Waals surface area contributed by atoms with Gasteiger partial charge in [-0.3, -0.25) is 9.59 Å². The summed E-state index contributed by atoms with van der Waals surface area (Å²) in [5, 5.41) is 14.6. The van der Waals surface area contributed by atoms with Gasteiger partial charge in [-0.25, -0.2) is 4.79 Å². The predicted molar refractivity (Wildman–Crippen MR) is 103 cm³/mol. The number of thioether (sulfide) groups is 1. The topological polar surface area (TPSA) is 95.5 Å². The minimum Gasteiger partial charge on any atom is -0.480 e. The number of carboxylic acids is 1. The van der Waals surface area contributed by atoms with Crippen LogP contribution < -0.4 is 10.6 Å². The molecule has 3 N–H and O–H groups in total. The molecule has 6 nitrogen and oxygen atoms in total. The number of aliphatic carboxylic acids is 1. The van der Waals surface area contributed by atoms with Crippen molar-refractivity contribution in [2.24, 2.45) is 0 Å². The van der Waals surface area contributed by atoms with Gasteiger partial charge < -0.3 is 15.7 Å². The zero-order valence-corrected chi connectivity index (χ0v) is 16.2. The highest BCUT2D eigenvalue weighted by molar-refractivity contribution is 7.99. The third kappa shape index (κ3) is 5.00. The van der Waals surface area contributed by atoms with Crippen molar-refractivity contribution in [3.63, 3.8) is 0 Å². The second kappa shape index (κ2) is 8.12. The number of hydrogen-bond acceptors (Lipinski definition) is 4. The van der Waals surface area contributed by atoms with E-state index in [1.54, 1.807) is 23.9 Å². The summed E-state index contributed by atoms with van der Waals surface area (Å²) >= 11 is 1.68. The molecule has 0 aliphatic carbocycles. The molecule has 0 radical (unpaired) electrons. The van der Waals surface area contributed by atoms with Crippen LogP contribution in [-0.2, 0) is 15.0 Å². The molecule has 142 valence electrons. The molecule has 1 aromatic rings. The Balaban J connectivity index is 1.92. The van der Waals surface area contributed by atoms with Crippen LogP contribution in [0.2, 0.25) is 0 Å². The number of benzene rings is 1. The lowest BCUT2D eigenvalue weighted by atomic mass is 9.87. The average molecular weight is 378 g/mol. The summed E-state index contributed by atoms with van der Waals surface area (Å²) in [5.41, 5.74) is 0.359. The summed E-state index contributed by atoms with van der Waals surface area (Å²) in [7, 11) is 0. The first kappa shape index (κ1) is 20.3. The van der Waals surface area contributed by atoms with E-state index in [1.807, 2.05) is 12.1 Å². The van der Waals surface area contributed by atoms with Crippen LogP contribution in [0.1, 0.15) is 49.5 Å². The number of carbonyl (C=O) groups is 3. The van der Waals surface area contributed by atoms with Crippen LogP contribution in [0.4, 0.5) is 0 Å². The third-order valence-corrected chi connectivity index (χ3v) is 5.54. The standard InChI is InChI=1S/C19H26N2O4S/c1-18(2,3)14-6-4-13(5-7-14)16(23)20-12-15(22)21-19(17(24)25)8-10-26-11-9-19/h4-7H,8-12H2,1-3H3,(H,20,23)(H,21,22)(H,24,25). The zero-order chi connectivity index (χ0) is 19.4. The molecular weight excluding hydrogens is 352 g/mol. The molecule has 0 spiro atoms. The van der Waals surface area contributed by atoms with Crippen molar-refractivity contribution in [3.8, 4) is 0 Å². The Morgan fingerprint density at radius 2 is 1.69 bits per heavy atom. The maximum atomic E-state index is 12.2. The van der Waals surface area contributed by atoms with Gasteiger partial charge in [0, 0.05) is 5.56 Å². The number of nitrogens with one attached hydrogen (secondary N) is 2. The van der Waals surface area contributed by atoms with E-state index >= 15 is 0 Å². The lowest BCUT2D eigenvalue weighted by molar-refractivity contribution is -0.147. The third-order valence-electron chi connectivity index (χ3n) is 4.56. The van der Waals surface area contributed by atoms with E-state index in [2.05, 4.69) is 31.4 Å². The number of rotatable bonds is 5. The van der Waals surface area contributed by atoms with Gasteiger partial charge in [0.15, 0.2) is 0 Å². The minimum absolute atomic E-state index is 0.00166. The molecule has 1 aliphatic rings. The van der Waals surface area contributed by atoms with Crippen LogP contribution in [-0.4, -0.2) is 46.5 Å². The molecule has 1 saturated heterocycles. The molecule has 2 rings (SSSR count). The highest BCUT2D eigenvalue weighted by Crippen LogP contribution is 2.27. The second-order valence-electron chi connectivity index (χ2n) is 7.56. The molecular formula is C19H26N2O4S. The van der Waals surface area contributed by atoms with Crippen molar-refractivity contribution < 1.29 is 19.5 Å². The summed E-state index contributed by atoms with van der Waals surface area (Å²) in [5.74, 6) is -0.476. The molecule has 0 bridgehead atoms. The maximum Gasteiger partial charge on any atom is 0.329 e. The van der Waals surface area contributed by atoms with Gasteiger partial charge in [0.05, 0.1) is 6.54 Å². The largest absolute Gasteiger partial charge is 0.480 e. The van der Waals surface area contributed by atoms with Crippen LogP contribution in [0.5, 0.6) is 0 Å². The van der Waals surface area contributed by atoms with Gasteiger partial charge in [0.2, 0.25) is 5.91 Å². The van der Waals surface area contributed by atoms with E-state index in [-0.39, 0.29) is 17.9 Å². The minimum atomic E-state index is -1.22. The number of amides is 2. The fraction of sp³-hybridized carbons (Fsp3) is 0.526. The maximum absolute atomic E-state index is 12.2. The van der Waals surface area contributed by atoms with Crippen molar-refractivity contribution >= 4 is 29.5 Å². The first-order chi connectivity index (χ1) is 12.1. The average Bonchev–Trinajstić information content (AvgIpc) is 2.59. The van der Waals surface area contributed by atoms with Gasteiger partial charge in [-0.15, -0.1) is 0 Å². The zero-order valence-electron chi connectivity index (χ0n) is 15.4. The van der Waals surface area contributed by atoms with Gasteiger partial charge >= 0.3 is 5.97 Å². The molecule has 2 amide bonds. The van der Waals surface area contributed by atoms with E-state index in [4.69, 9.17) is 0 Å². The smallest absolute Gasteiger partial charge is 0.329 e. The van der Waals surface area contributed by atoms with Crippen molar-refractivity contribution in [1.29, 1.82) is 0 Å². The Labute approximate surface area is 158 Å². The lowest BCUT2D eigenvalue weighted by Gasteiger charge is -2.33. The van der Waals surface area contributed by atoms with E-state index in [1.165, 1.54) is 0 Å². The fourth-order valence-corrected chi connectivity index (χ4v) is 4.00. The first-order valence-electron chi connectivity index (χ1n) is 8.65. The number of hydrogen-bond donors (Lipinski definition) is 3. The quantitative estimate of drug-likeness (QED) is 0.730. The Kier molecular flexibility index (Phi) is 6.34. The number of carbonyl (C=O) groups excluding carboxylic acids is 2. The molecule has 1 heterocycles. The van der Waals surface area contributed by atoms with E-state index in [0.29, 0.717) is 29.9 Å². The first-order valence-corrected chi connectivity index (χ1v) is 9.80. The fourth-order valence-electron chi connectivity index (χ4n) is 2.81. The predicted octanol–water partition coefficient (Wildman–Crippen LogP) is 2.18. The van der Waals surface area contributed by atoms with Gasteiger partial charge in [0.25, 0.3) is 5.91 Å². The molecule has 1 fully saturated rings.